The number of carbonyl (C=O) groups excluding carboxylic acids is 8. The molecule has 0 bridgehead atoms. The average Bonchev–Trinajstić information content (AvgIpc) is 0.670. The van der Waals surface area contributed by atoms with Crippen LogP contribution in [0.15, 0.2) is 206 Å². The smallest absolute Gasteiger partial charge is 0.333 e. The molecule has 4 aliphatic rings. The van der Waals surface area contributed by atoms with E-state index in [1.165, 1.54) is 62.4 Å². The maximum absolute atomic E-state index is 16.6. The lowest BCUT2D eigenvalue weighted by atomic mass is 9.80. The third-order valence-electron chi connectivity index (χ3n) is 20.7. The molecule has 2 heterocycles. The lowest BCUT2D eigenvalue weighted by molar-refractivity contribution is -0.147. The molecule has 6 amide bonds. The molecule has 0 saturated heterocycles. The maximum atomic E-state index is 16.6. The number of ether oxygens (including phenoxy) is 6. The predicted molar refractivity (Wildman–Crippen MR) is 412 cm³/mol. The van der Waals surface area contributed by atoms with Crippen LogP contribution >= 0.6 is 0 Å². The fourth-order valence-electron chi connectivity index (χ4n) is 15.6. The molecule has 11 aromatic rings. The van der Waals surface area contributed by atoms with Gasteiger partial charge < -0.3 is 39.1 Å². The SMILES string of the molecule is C=C(C)C(=O)OC1CCCC(NC(=O)C(Cc2ccccc2)N2C(=O)c3cc(Oc4cccc(C#N)c4)c4c5c(Oc6cccc(C#N)c6)cc6c7c(cc(Oc8cccc(C#N)c8)c(c8c(Oc9cccc(C#N)c9)cc(c3c48)C2=O)c75)C(=O)N(C(Cc2ccccc2)C(=O)NC2CCCC(OC(=O)C(=C)C)C2)C6=O)C1. The Hall–Kier alpha value is -14.5. The van der Waals surface area contributed by atoms with Gasteiger partial charge in [-0.15, -0.1) is 0 Å². The van der Waals surface area contributed by atoms with Gasteiger partial charge in [-0.2, -0.15) is 21.0 Å². The Bertz CT molecular complexity index is 5400. The number of hydrogen-bond donors (Lipinski definition) is 2. The maximum Gasteiger partial charge on any atom is 0.333 e. The molecule has 0 radical (unpaired) electrons. The number of benzene rings is 11. The molecule has 2 aliphatic heterocycles. The zero-order valence-electron chi connectivity index (χ0n) is 60.7. The minimum absolute atomic E-state index is 0.0129. The van der Waals surface area contributed by atoms with E-state index in [9.17, 15) is 30.6 Å². The van der Waals surface area contributed by atoms with Crippen LogP contribution in [0.25, 0.3) is 43.1 Å². The lowest BCUT2D eigenvalue weighted by Crippen LogP contribution is -2.56. The largest absolute Gasteiger partial charge is 0.459 e. The molecule has 0 spiro atoms. The molecule has 2 aliphatic carbocycles. The summed E-state index contributed by atoms with van der Waals surface area (Å²) in [5.41, 5.74) is 1.46. The van der Waals surface area contributed by atoms with E-state index in [0.29, 0.717) is 49.7 Å². The van der Waals surface area contributed by atoms with Crippen LogP contribution in [0.3, 0.4) is 0 Å². The van der Waals surface area contributed by atoms with Gasteiger partial charge in [-0.3, -0.25) is 38.6 Å². The molecule has 112 heavy (non-hydrogen) atoms. The van der Waals surface area contributed by atoms with Crippen molar-refractivity contribution in [3.05, 3.63) is 262 Å². The van der Waals surface area contributed by atoms with E-state index in [1.807, 2.05) is 0 Å². The first kappa shape index (κ1) is 73.1. The van der Waals surface area contributed by atoms with E-state index in [-0.39, 0.29) is 170 Å². The molecule has 2 saturated carbocycles. The molecule has 6 atom stereocenters. The Morgan fingerprint density at radius 1 is 0.402 bits per heavy atom. The van der Waals surface area contributed by atoms with Crippen molar-refractivity contribution in [1.29, 1.82) is 21.0 Å². The second-order valence-corrected chi connectivity index (χ2v) is 28.4. The second kappa shape index (κ2) is 30.6. The molecule has 6 unspecified atom stereocenters. The van der Waals surface area contributed by atoms with Gasteiger partial charge in [0.15, 0.2) is 0 Å². The van der Waals surface area contributed by atoms with Crippen molar-refractivity contribution in [2.75, 3.05) is 0 Å². The van der Waals surface area contributed by atoms with E-state index >= 15 is 28.8 Å². The number of nitrogens with zero attached hydrogens (tertiary/aromatic N) is 6. The number of nitrogens with one attached hydrogen (secondary N) is 2. The molecule has 0 aromatic heterocycles. The van der Waals surface area contributed by atoms with Gasteiger partial charge in [0, 0.05) is 92.0 Å². The molecule has 2 fully saturated rings. The molecule has 2 N–H and O–H groups in total. The van der Waals surface area contributed by atoms with Crippen molar-refractivity contribution in [2.45, 2.75) is 114 Å². The van der Waals surface area contributed by atoms with Gasteiger partial charge in [-0.25, -0.2) is 9.59 Å². The standard InChI is InChI=1S/C90H68N8O14/c1-49(2)89(105)111-63-31-15-25-57(39-63)95-83(99)69(37-51-17-7-5-8-18-51)97-85(101)65-41-71(107-59-27-11-21-53(33-59)45-91)77-79-73(109-61-29-13-23-55(35-61)47-93)43-67-76-68(88(104)98(87(67)103)70(38-52-19-9-6-10-20-52)84(100)96-58-26-16-32-64(40-58)112-90(106)50(3)4)44-74(110-62-30-14-24-56(36-62)48-94)80(82(76)79)78-72(42-66(86(97)102)75(65)81(77)78)108-60-28-12-22-54(34-60)46-92/h5-14,17-24,27-30,33-36,41-44,57-58,63-64,69-70H,1,3,15-16,25-26,31-32,37-40H2,2,4H3,(H,95,99)(H,96,100). The normalized spacial score (nSPS) is 16.9. The van der Waals surface area contributed by atoms with E-state index in [2.05, 4.69) is 48.1 Å². The van der Waals surface area contributed by atoms with Gasteiger partial charge in [0.2, 0.25) is 11.8 Å². The zero-order chi connectivity index (χ0) is 78.2. The van der Waals surface area contributed by atoms with Crippen molar-refractivity contribution in [3.63, 3.8) is 0 Å². The summed E-state index contributed by atoms with van der Waals surface area (Å²) in [7, 11) is 0. The van der Waals surface area contributed by atoms with Gasteiger partial charge in [0.25, 0.3) is 23.6 Å². The number of nitriles is 4. The number of esters is 2. The van der Waals surface area contributed by atoms with Crippen molar-refractivity contribution in [2.24, 2.45) is 0 Å². The van der Waals surface area contributed by atoms with Crippen LogP contribution in [-0.2, 0) is 41.5 Å². The monoisotopic (exact) mass is 1480 g/mol. The summed E-state index contributed by atoms with van der Waals surface area (Å²) >= 11 is 0. The third-order valence-corrected chi connectivity index (χ3v) is 20.7. The Balaban J connectivity index is 1.03. The first-order chi connectivity index (χ1) is 54.3. The summed E-state index contributed by atoms with van der Waals surface area (Å²) in [5, 5.41) is 48.2. The first-order valence-corrected chi connectivity index (χ1v) is 36.5. The molecule has 22 nitrogen and oxygen atoms in total. The highest BCUT2D eigenvalue weighted by Gasteiger charge is 2.47. The number of imide groups is 2. The lowest BCUT2D eigenvalue weighted by Gasteiger charge is -2.37. The van der Waals surface area contributed by atoms with E-state index in [1.54, 1.807) is 133 Å². The third kappa shape index (κ3) is 14.2. The van der Waals surface area contributed by atoms with Gasteiger partial charge in [0.1, 0.15) is 70.3 Å². The molecular formula is C90H68N8O14. The quantitative estimate of drug-likeness (QED) is 0.0209. The highest BCUT2D eigenvalue weighted by Crippen LogP contribution is 2.58. The number of carbonyl (C=O) groups is 8. The van der Waals surface area contributed by atoms with Crippen molar-refractivity contribution >= 4 is 90.5 Å². The minimum Gasteiger partial charge on any atom is -0.459 e. The number of amides is 6. The molecule has 15 rings (SSSR count). The summed E-state index contributed by atoms with van der Waals surface area (Å²) in [6.07, 6.45) is 1.94. The molecule has 552 valence electrons. The van der Waals surface area contributed by atoms with E-state index in [0.717, 1.165) is 9.80 Å². The zero-order valence-corrected chi connectivity index (χ0v) is 60.7. The summed E-state index contributed by atoms with van der Waals surface area (Å²) in [6, 6.07) is 52.2. The Morgan fingerprint density at radius 2 is 0.696 bits per heavy atom. The van der Waals surface area contributed by atoms with Crippen molar-refractivity contribution in [3.8, 4) is 70.3 Å². The van der Waals surface area contributed by atoms with E-state index in [4.69, 9.17) is 28.4 Å². The van der Waals surface area contributed by atoms with Crippen molar-refractivity contribution in [1.82, 2.24) is 20.4 Å². The number of fused-ring (bicyclic) bond motifs is 2. The Labute approximate surface area is 642 Å². The summed E-state index contributed by atoms with van der Waals surface area (Å²) in [5.74, 6) is -6.82. The van der Waals surface area contributed by atoms with Gasteiger partial charge in [-0.1, -0.05) is 98.1 Å². The van der Waals surface area contributed by atoms with E-state index < -0.39 is 83.8 Å². The van der Waals surface area contributed by atoms with Crippen LogP contribution in [0.2, 0.25) is 0 Å². The summed E-state index contributed by atoms with van der Waals surface area (Å²) < 4.78 is 40.1. The average molecular weight is 1490 g/mol. The number of hydrogen-bond acceptors (Lipinski definition) is 18. The first-order valence-electron chi connectivity index (χ1n) is 36.5. The van der Waals surface area contributed by atoms with Crippen LogP contribution in [0.5, 0.6) is 46.0 Å². The van der Waals surface area contributed by atoms with Gasteiger partial charge in [-0.05, 0) is 161 Å². The molecular weight excluding hydrogens is 1420 g/mol. The fourth-order valence-corrected chi connectivity index (χ4v) is 15.6. The van der Waals surface area contributed by atoms with Crippen LogP contribution in [0.4, 0.5) is 0 Å². The highest BCUT2D eigenvalue weighted by molar-refractivity contribution is 6.45. The summed E-state index contributed by atoms with van der Waals surface area (Å²) in [6.45, 7) is 10.5. The van der Waals surface area contributed by atoms with Crippen LogP contribution in [0, 0.1) is 45.3 Å². The topological polar surface area (TPSA) is 318 Å². The van der Waals surface area contributed by atoms with Gasteiger partial charge in [0.05, 0.1) is 68.8 Å². The summed E-state index contributed by atoms with van der Waals surface area (Å²) in [4.78, 5) is 125. The second-order valence-electron chi connectivity index (χ2n) is 28.4. The predicted octanol–water partition coefficient (Wildman–Crippen LogP) is 15.9. The Morgan fingerprint density at radius 3 is 0.973 bits per heavy atom. The Kier molecular flexibility index (Phi) is 20.0. The van der Waals surface area contributed by atoms with Crippen LogP contribution in [0.1, 0.15) is 140 Å². The highest BCUT2D eigenvalue weighted by atomic mass is 16.5. The van der Waals surface area contributed by atoms with Crippen molar-refractivity contribution < 1.29 is 66.8 Å². The molecule has 11 aromatic carbocycles. The number of rotatable bonds is 22. The van der Waals surface area contributed by atoms with Gasteiger partial charge >= 0.3 is 11.9 Å². The molecule has 22 heteroatoms. The van der Waals surface area contributed by atoms with Crippen LogP contribution in [-0.4, -0.2) is 93.6 Å². The fraction of sp³-hybridized carbons (Fsp3) is 0.200. The van der Waals surface area contributed by atoms with Crippen LogP contribution < -0.4 is 29.6 Å². The minimum atomic E-state index is -1.58.